The highest BCUT2D eigenvalue weighted by molar-refractivity contribution is 6.08. The van der Waals surface area contributed by atoms with Crippen molar-refractivity contribution >= 4 is 51.5 Å². The Morgan fingerprint density at radius 1 is 0.385 bits per heavy atom. The second-order valence-corrected chi connectivity index (χ2v) is 23.0. The molecule has 17 nitrogen and oxygen atoms in total. The van der Waals surface area contributed by atoms with Crippen LogP contribution in [0.15, 0.2) is 147 Å². The maximum absolute atomic E-state index is 13.3. The minimum absolute atomic E-state index is 0.00617. The number of fused-ring (bicyclic) bond motifs is 3. The zero-order chi connectivity index (χ0) is 63.8. The molecule has 0 aliphatic heterocycles. The summed E-state index contributed by atoms with van der Waals surface area (Å²) < 4.78 is 64.1. The van der Waals surface area contributed by atoms with Crippen LogP contribution < -0.4 is 28.4 Å². The molecule has 2 saturated carbocycles. The van der Waals surface area contributed by atoms with Crippen molar-refractivity contribution in [2.24, 2.45) is 11.8 Å². The molecule has 91 heavy (non-hydrogen) atoms. The van der Waals surface area contributed by atoms with Gasteiger partial charge in [0.1, 0.15) is 34.5 Å². The zero-order valence-corrected chi connectivity index (χ0v) is 52.3. The van der Waals surface area contributed by atoms with Crippen molar-refractivity contribution in [3.63, 3.8) is 0 Å². The number of hydrogen-bond donors (Lipinski definition) is 0. The first-order valence-electron chi connectivity index (χ1n) is 32.3. The number of rotatable bonds is 39. The van der Waals surface area contributed by atoms with E-state index >= 15 is 0 Å². The highest BCUT2D eigenvalue weighted by Gasteiger charge is 2.30. The van der Waals surface area contributed by atoms with Gasteiger partial charge in [0.05, 0.1) is 82.4 Å². The molecule has 0 unspecified atom stereocenters. The Kier molecular flexibility index (Phi) is 28.2. The molecule has 0 bridgehead atoms. The van der Waals surface area contributed by atoms with E-state index in [1.54, 1.807) is 24.3 Å². The van der Waals surface area contributed by atoms with Gasteiger partial charge in [-0.1, -0.05) is 44.0 Å². The van der Waals surface area contributed by atoms with Crippen LogP contribution >= 0.6 is 0 Å². The number of benzene rings is 5. The highest BCUT2D eigenvalue weighted by Crippen LogP contribution is 2.37. The van der Waals surface area contributed by atoms with Crippen LogP contribution in [-0.4, -0.2) is 86.7 Å². The van der Waals surface area contributed by atoms with Crippen molar-refractivity contribution in [1.82, 2.24) is 4.98 Å². The maximum Gasteiger partial charge on any atom is 0.330 e. The second kappa shape index (κ2) is 37.6. The third-order valence-electron chi connectivity index (χ3n) is 16.2. The Balaban J connectivity index is 0.814. The largest absolute Gasteiger partial charge is 0.494 e. The van der Waals surface area contributed by atoms with Crippen molar-refractivity contribution < 1.29 is 76.1 Å². The fraction of sp³-hybridized carbons (Fsp3) is 0.432. The van der Waals surface area contributed by atoms with Crippen LogP contribution in [0.25, 0.3) is 21.7 Å². The molecular formula is C74H87NO16. The predicted molar refractivity (Wildman–Crippen MR) is 346 cm³/mol. The molecule has 484 valence electrons. The zero-order valence-electron chi connectivity index (χ0n) is 52.3. The predicted octanol–water partition coefficient (Wildman–Crippen LogP) is 15.5. The molecule has 0 spiro atoms. The number of pyridine rings is 1. The highest BCUT2D eigenvalue weighted by atomic mass is 16.6. The van der Waals surface area contributed by atoms with Crippen LogP contribution in [0.1, 0.15) is 140 Å². The fourth-order valence-corrected chi connectivity index (χ4v) is 10.9. The molecule has 5 aromatic carbocycles. The van der Waals surface area contributed by atoms with Crippen LogP contribution in [0.3, 0.4) is 0 Å². The third kappa shape index (κ3) is 23.3. The number of hydrogen-bond acceptors (Lipinski definition) is 17. The van der Waals surface area contributed by atoms with E-state index < -0.39 is 17.9 Å². The van der Waals surface area contributed by atoms with Gasteiger partial charge in [-0.3, -0.25) is 9.59 Å². The van der Waals surface area contributed by atoms with Crippen molar-refractivity contribution in [1.29, 1.82) is 0 Å². The average Bonchev–Trinajstić information content (AvgIpc) is 0.836. The summed E-state index contributed by atoms with van der Waals surface area (Å²) in [6.07, 6.45) is 19.7. The number of carbonyl (C=O) groups excluding carboxylic acids is 5. The molecule has 0 N–H and O–H groups in total. The topological polar surface area (TPSA) is 200 Å². The number of ether oxygens (including phenoxy) is 11. The standard InChI is InChI=1S/C74H87NO16/c1-4-69(76)84-46-16-10-7-13-43-81-57-29-35-62(36-30-57)89-72-67-49-53(51-87-60-25-21-55(22-26-60)73(79)90-63-37-31-58(32-38-63)82-44-14-8-11-17-47-85-70(77)5-2)19-41-65(67)66-42-20-54(50-68(66)75-72)52-88-61-27-23-56(24-28-61)74(80)91-64-39-33-59(34-40-64)83-45-15-9-12-18-48-86-71(78)6-3/h4-6,19-20,29-42,49-50,55-56,60-61H,1-3,7-18,21-28,43-48,51-52H2. The summed E-state index contributed by atoms with van der Waals surface area (Å²) >= 11 is 0. The molecule has 2 fully saturated rings. The lowest BCUT2D eigenvalue weighted by atomic mass is 9.87. The van der Waals surface area contributed by atoms with Crippen LogP contribution in [0.2, 0.25) is 0 Å². The van der Waals surface area contributed by atoms with Crippen molar-refractivity contribution in [2.75, 3.05) is 39.6 Å². The molecule has 2 aliphatic carbocycles. The lowest BCUT2D eigenvalue weighted by Gasteiger charge is -2.27. The van der Waals surface area contributed by atoms with Crippen LogP contribution in [0, 0.1) is 11.8 Å². The van der Waals surface area contributed by atoms with Gasteiger partial charge < -0.3 is 52.1 Å². The van der Waals surface area contributed by atoms with E-state index in [0.29, 0.717) is 113 Å². The first-order valence-corrected chi connectivity index (χ1v) is 32.3. The Morgan fingerprint density at radius 2 is 0.736 bits per heavy atom. The van der Waals surface area contributed by atoms with E-state index in [4.69, 9.17) is 57.1 Å². The Bertz CT molecular complexity index is 3290. The SMILES string of the molecule is C=CC(=O)OCCCCCCOc1ccc(OC(=O)C2CCC(OCc3ccc4c(c3)nc(Oc3ccc(OCCCCCCOC(=O)C=C)cc3)c3cc(COC5CCC(C(=O)Oc6ccc(OCCCCCCOC(=O)C=C)cc6)CC5)ccc34)CC2)cc1. The molecule has 0 saturated heterocycles. The van der Waals surface area contributed by atoms with Gasteiger partial charge in [-0.05, 0) is 230 Å². The smallest absolute Gasteiger partial charge is 0.330 e. The molecule has 0 atom stereocenters. The number of unbranched alkanes of at least 4 members (excludes halogenated alkanes) is 9. The maximum atomic E-state index is 13.3. The molecular weight excluding hydrogens is 1160 g/mol. The summed E-state index contributed by atoms with van der Waals surface area (Å²) in [6, 6.07) is 34.3. The van der Waals surface area contributed by atoms with E-state index in [-0.39, 0.29) is 36.0 Å². The monoisotopic (exact) mass is 1250 g/mol. The van der Waals surface area contributed by atoms with Gasteiger partial charge in [0.15, 0.2) is 0 Å². The van der Waals surface area contributed by atoms with Gasteiger partial charge in [0.25, 0.3) is 0 Å². The minimum atomic E-state index is -0.403. The average molecular weight is 1250 g/mol. The lowest BCUT2D eigenvalue weighted by Crippen LogP contribution is -2.28. The lowest BCUT2D eigenvalue weighted by molar-refractivity contribution is -0.142. The van der Waals surface area contributed by atoms with Crippen LogP contribution in [0.4, 0.5) is 0 Å². The summed E-state index contributed by atoms with van der Waals surface area (Å²) in [7, 11) is 0. The summed E-state index contributed by atoms with van der Waals surface area (Å²) in [4.78, 5) is 65.3. The molecule has 1 heterocycles. The molecule has 0 amide bonds. The van der Waals surface area contributed by atoms with Crippen LogP contribution in [-0.2, 0) is 60.9 Å². The summed E-state index contributed by atoms with van der Waals surface area (Å²) in [6.45, 7) is 13.8. The van der Waals surface area contributed by atoms with Gasteiger partial charge in [-0.25, -0.2) is 19.4 Å². The number of aromatic nitrogens is 1. The number of carbonyl (C=O) groups is 5. The molecule has 6 aromatic rings. The van der Waals surface area contributed by atoms with E-state index in [0.717, 1.165) is 141 Å². The van der Waals surface area contributed by atoms with E-state index in [1.807, 2.05) is 48.5 Å². The molecule has 0 radical (unpaired) electrons. The summed E-state index contributed by atoms with van der Waals surface area (Å²) in [5.74, 6) is 2.05. The van der Waals surface area contributed by atoms with Gasteiger partial charge in [0, 0.05) is 29.0 Å². The van der Waals surface area contributed by atoms with Gasteiger partial charge in [0.2, 0.25) is 5.88 Å². The second-order valence-electron chi connectivity index (χ2n) is 23.0. The van der Waals surface area contributed by atoms with Crippen molar-refractivity contribution in [2.45, 2.75) is 154 Å². The minimum Gasteiger partial charge on any atom is -0.494 e. The quantitative estimate of drug-likeness (QED) is 0.00880. The molecule has 2 aliphatic rings. The van der Waals surface area contributed by atoms with Gasteiger partial charge >= 0.3 is 29.8 Å². The Labute approximate surface area is 534 Å². The first kappa shape index (κ1) is 68.4. The number of nitrogens with zero attached hydrogens (tertiary/aromatic N) is 1. The molecule has 8 rings (SSSR count). The van der Waals surface area contributed by atoms with E-state index in [2.05, 4.69) is 56.1 Å². The molecule has 1 aromatic heterocycles. The van der Waals surface area contributed by atoms with Crippen molar-refractivity contribution in [3.8, 4) is 40.4 Å². The number of esters is 5. The Hall–Kier alpha value is -8.54. The fourth-order valence-electron chi connectivity index (χ4n) is 10.9. The van der Waals surface area contributed by atoms with Gasteiger partial charge in [-0.15, -0.1) is 0 Å². The third-order valence-corrected chi connectivity index (χ3v) is 16.2. The van der Waals surface area contributed by atoms with E-state index in [1.165, 1.54) is 18.2 Å². The van der Waals surface area contributed by atoms with E-state index in [9.17, 15) is 24.0 Å². The van der Waals surface area contributed by atoms with Crippen molar-refractivity contribution in [3.05, 3.63) is 158 Å². The van der Waals surface area contributed by atoms with Crippen LogP contribution in [0.5, 0.6) is 40.4 Å². The summed E-state index contributed by atoms with van der Waals surface area (Å²) in [5, 5.41) is 2.78. The van der Waals surface area contributed by atoms with Gasteiger partial charge in [-0.2, -0.15) is 0 Å². The normalized spacial score (nSPS) is 16.2. The Morgan fingerprint density at radius 3 is 1.13 bits per heavy atom. The first-order chi connectivity index (χ1) is 44.5. The molecule has 17 heteroatoms. The summed E-state index contributed by atoms with van der Waals surface area (Å²) in [5.41, 5.74) is 2.70.